The monoisotopic (exact) mass is 402 g/mol. The van der Waals surface area contributed by atoms with Crippen molar-refractivity contribution in [1.82, 2.24) is 4.57 Å². The standard InChI is InChI=1S/C21H23FN2OS2/c1-13-9-14(2)17(15(3)10-13)12-20(25)23-21-24(7-8-26-4)18-6-5-16(22)11-19(18)27-21/h5-6,9-11H,7-8,12H2,1-4H3. The van der Waals surface area contributed by atoms with Gasteiger partial charge in [-0.15, -0.1) is 0 Å². The molecule has 0 spiro atoms. The van der Waals surface area contributed by atoms with E-state index >= 15 is 0 Å². The Morgan fingerprint density at radius 2 is 1.89 bits per heavy atom. The van der Waals surface area contributed by atoms with Gasteiger partial charge in [-0.25, -0.2) is 4.39 Å². The first-order chi connectivity index (χ1) is 12.9. The number of hydrogen-bond acceptors (Lipinski definition) is 3. The van der Waals surface area contributed by atoms with Crippen molar-refractivity contribution in [2.75, 3.05) is 12.0 Å². The van der Waals surface area contributed by atoms with Crippen LogP contribution in [0, 0.1) is 26.6 Å². The number of amides is 1. The molecule has 0 saturated heterocycles. The number of aromatic nitrogens is 1. The molecule has 1 heterocycles. The molecule has 0 saturated carbocycles. The maximum atomic E-state index is 13.6. The van der Waals surface area contributed by atoms with E-state index in [9.17, 15) is 9.18 Å². The third-order valence-corrected chi connectivity index (χ3v) is 6.18. The summed E-state index contributed by atoms with van der Waals surface area (Å²) in [6.07, 6.45) is 2.32. The van der Waals surface area contributed by atoms with Crippen molar-refractivity contribution in [3.8, 4) is 0 Å². The first-order valence-corrected chi connectivity index (χ1v) is 11.0. The minimum atomic E-state index is -0.274. The number of rotatable bonds is 5. The molecule has 0 aliphatic rings. The molecule has 0 unspecified atom stereocenters. The molecule has 0 fully saturated rings. The zero-order valence-corrected chi connectivity index (χ0v) is 17.6. The lowest BCUT2D eigenvalue weighted by molar-refractivity contribution is -0.117. The number of thiazole rings is 1. The van der Waals surface area contributed by atoms with Crippen LogP contribution in [-0.2, 0) is 17.8 Å². The van der Waals surface area contributed by atoms with Crippen molar-refractivity contribution in [3.05, 3.63) is 63.2 Å². The maximum Gasteiger partial charge on any atom is 0.252 e. The van der Waals surface area contributed by atoms with E-state index in [1.54, 1.807) is 17.8 Å². The first-order valence-electron chi connectivity index (χ1n) is 8.81. The molecule has 0 radical (unpaired) electrons. The first kappa shape index (κ1) is 19.8. The summed E-state index contributed by atoms with van der Waals surface area (Å²) in [5.74, 6) is 0.459. The molecule has 1 aromatic heterocycles. The van der Waals surface area contributed by atoms with Crippen LogP contribution in [0.25, 0.3) is 10.2 Å². The highest BCUT2D eigenvalue weighted by atomic mass is 32.2. The number of aryl methyl sites for hydroxylation is 4. The Hall–Kier alpha value is -1.92. The second-order valence-corrected chi connectivity index (χ2v) is 8.70. The van der Waals surface area contributed by atoms with E-state index in [4.69, 9.17) is 0 Å². The average Bonchev–Trinajstić information content (AvgIpc) is 2.92. The summed E-state index contributed by atoms with van der Waals surface area (Å²) in [4.78, 5) is 17.7. The molecule has 0 N–H and O–H groups in total. The number of hydrogen-bond donors (Lipinski definition) is 0. The molecular weight excluding hydrogens is 379 g/mol. The number of nitrogens with zero attached hydrogens (tertiary/aromatic N) is 2. The molecule has 27 heavy (non-hydrogen) atoms. The van der Waals surface area contributed by atoms with Crippen LogP contribution in [0.3, 0.4) is 0 Å². The molecule has 142 valence electrons. The van der Waals surface area contributed by atoms with Gasteiger partial charge >= 0.3 is 0 Å². The number of halogens is 1. The second kappa shape index (κ2) is 8.40. The Labute approximate surface area is 167 Å². The Bertz CT molecular complexity index is 1040. The number of benzene rings is 2. The quantitative estimate of drug-likeness (QED) is 0.614. The lowest BCUT2D eigenvalue weighted by Crippen LogP contribution is -2.19. The van der Waals surface area contributed by atoms with Crippen LogP contribution < -0.4 is 4.80 Å². The van der Waals surface area contributed by atoms with Crippen molar-refractivity contribution in [2.24, 2.45) is 4.99 Å². The van der Waals surface area contributed by atoms with Crippen LogP contribution in [0.15, 0.2) is 35.3 Å². The molecule has 2 aromatic carbocycles. The Kier molecular flexibility index (Phi) is 6.17. The van der Waals surface area contributed by atoms with Gasteiger partial charge in [-0.05, 0) is 61.9 Å². The van der Waals surface area contributed by atoms with Gasteiger partial charge in [0.15, 0.2) is 4.80 Å². The topological polar surface area (TPSA) is 34.4 Å². The molecule has 0 aliphatic carbocycles. The van der Waals surface area contributed by atoms with Crippen LogP contribution in [0.4, 0.5) is 4.39 Å². The van der Waals surface area contributed by atoms with Crippen molar-refractivity contribution in [3.63, 3.8) is 0 Å². The summed E-state index contributed by atoms with van der Waals surface area (Å²) in [6.45, 7) is 6.86. The molecule has 3 nitrogen and oxygen atoms in total. The van der Waals surface area contributed by atoms with Gasteiger partial charge in [0, 0.05) is 12.3 Å². The van der Waals surface area contributed by atoms with Crippen LogP contribution in [-0.4, -0.2) is 22.5 Å². The largest absolute Gasteiger partial charge is 0.316 e. The fourth-order valence-electron chi connectivity index (χ4n) is 3.32. The predicted octanol–water partition coefficient (Wildman–Crippen LogP) is 4.80. The molecule has 6 heteroatoms. The second-order valence-electron chi connectivity index (χ2n) is 6.70. The zero-order valence-electron chi connectivity index (χ0n) is 16.0. The number of thioether (sulfide) groups is 1. The van der Waals surface area contributed by atoms with Crippen molar-refractivity contribution >= 4 is 39.2 Å². The van der Waals surface area contributed by atoms with E-state index < -0.39 is 0 Å². The minimum Gasteiger partial charge on any atom is -0.316 e. The zero-order chi connectivity index (χ0) is 19.6. The van der Waals surface area contributed by atoms with Gasteiger partial charge in [0.2, 0.25) is 0 Å². The van der Waals surface area contributed by atoms with E-state index in [1.165, 1.54) is 29.0 Å². The highest BCUT2D eigenvalue weighted by Gasteiger charge is 2.12. The van der Waals surface area contributed by atoms with Crippen molar-refractivity contribution in [1.29, 1.82) is 0 Å². The fraction of sp³-hybridized carbons (Fsp3) is 0.333. The highest BCUT2D eigenvalue weighted by molar-refractivity contribution is 7.98. The number of carbonyl (C=O) groups is 1. The van der Waals surface area contributed by atoms with Gasteiger partial charge in [-0.2, -0.15) is 16.8 Å². The van der Waals surface area contributed by atoms with Crippen LogP contribution in [0.5, 0.6) is 0 Å². The summed E-state index contributed by atoms with van der Waals surface area (Å²) in [5.41, 5.74) is 5.39. The van der Waals surface area contributed by atoms with Crippen LogP contribution in [0.1, 0.15) is 22.3 Å². The number of fused-ring (bicyclic) bond motifs is 1. The summed E-state index contributed by atoms with van der Waals surface area (Å²) < 4.78 is 16.4. The number of carbonyl (C=O) groups excluding carboxylic acids is 1. The fourth-order valence-corrected chi connectivity index (χ4v) is 4.78. The van der Waals surface area contributed by atoms with Gasteiger partial charge in [0.25, 0.3) is 5.91 Å². The summed E-state index contributed by atoms with van der Waals surface area (Å²) >= 11 is 3.09. The van der Waals surface area contributed by atoms with Gasteiger partial charge < -0.3 is 4.57 Å². The summed E-state index contributed by atoms with van der Waals surface area (Å²) in [6, 6.07) is 8.91. The Morgan fingerprint density at radius 1 is 1.19 bits per heavy atom. The Morgan fingerprint density at radius 3 is 2.56 bits per heavy atom. The van der Waals surface area contributed by atoms with E-state index in [1.807, 2.05) is 24.7 Å². The van der Waals surface area contributed by atoms with Crippen LogP contribution >= 0.6 is 23.1 Å². The minimum absolute atomic E-state index is 0.171. The molecular formula is C21H23FN2OS2. The van der Waals surface area contributed by atoms with E-state index in [2.05, 4.69) is 24.0 Å². The van der Waals surface area contributed by atoms with E-state index in [0.717, 1.165) is 39.2 Å². The predicted molar refractivity (Wildman–Crippen MR) is 113 cm³/mol. The molecule has 0 aliphatic heterocycles. The van der Waals surface area contributed by atoms with Crippen LogP contribution in [0.2, 0.25) is 0 Å². The van der Waals surface area contributed by atoms with E-state index in [-0.39, 0.29) is 18.1 Å². The molecule has 3 rings (SSSR count). The van der Waals surface area contributed by atoms with Gasteiger partial charge in [0.05, 0.1) is 16.6 Å². The summed E-state index contributed by atoms with van der Waals surface area (Å²) in [5, 5.41) is 0. The normalized spacial score (nSPS) is 12.1. The third-order valence-electron chi connectivity index (χ3n) is 4.55. The molecule has 0 atom stereocenters. The smallest absolute Gasteiger partial charge is 0.252 e. The third kappa shape index (κ3) is 4.50. The average molecular weight is 403 g/mol. The Balaban J connectivity index is 2.00. The molecule has 3 aromatic rings. The van der Waals surface area contributed by atoms with E-state index in [0.29, 0.717) is 4.80 Å². The summed E-state index contributed by atoms with van der Waals surface area (Å²) in [7, 11) is 0. The molecule has 1 amide bonds. The lowest BCUT2D eigenvalue weighted by atomic mass is 9.97. The lowest BCUT2D eigenvalue weighted by Gasteiger charge is -2.09. The molecule has 0 bridgehead atoms. The van der Waals surface area contributed by atoms with Gasteiger partial charge in [0.1, 0.15) is 5.82 Å². The van der Waals surface area contributed by atoms with Crippen molar-refractivity contribution in [2.45, 2.75) is 33.7 Å². The highest BCUT2D eigenvalue weighted by Crippen LogP contribution is 2.20. The van der Waals surface area contributed by atoms with Gasteiger partial charge in [-0.1, -0.05) is 29.0 Å². The maximum absolute atomic E-state index is 13.6. The SMILES string of the molecule is CSCCn1c(=NC(=O)Cc2c(C)cc(C)cc2C)sc2cc(F)ccc21. The van der Waals surface area contributed by atoms with Crippen molar-refractivity contribution < 1.29 is 9.18 Å². The van der Waals surface area contributed by atoms with Gasteiger partial charge in [-0.3, -0.25) is 4.79 Å².